The van der Waals surface area contributed by atoms with Gasteiger partial charge < -0.3 is 11.1 Å². The van der Waals surface area contributed by atoms with E-state index in [0.717, 1.165) is 21.3 Å². The van der Waals surface area contributed by atoms with Crippen LogP contribution in [0, 0.1) is 6.92 Å². The van der Waals surface area contributed by atoms with Gasteiger partial charge in [0.05, 0.1) is 12.2 Å². The van der Waals surface area contributed by atoms with E-state index in [0.29, 0.717) is 0 Å². The van der Waals surface area contributed by atoms with Crippen molar-refractivity contribution >= 4 is 35.1 Å². The van der Waals surface area contributed by atoms with Gasteiger partial charge in [-0.2, -0.15) is 0 Å². The number of nitrogens with two attached hydrogens (primary N) is 1. The number of thioether (sulfide) groups is 2. The third-order valence-electron chi connectivity index (χ3n) is 1.94. The molecule has 0 aromatic carbocycles. The molecule has 6 heteroatoms. The maximum atomic E-state index is 11.3. The van der Waals surface area contributed by atoms with E-state index >= 15 is 0 Å². The summed E-state index contributed by atoms with van der Waals surface area (Å²) in [5.41, 5.74) is 7.00. The van der Waals surface area contributed by atoms with E-state index in [1.807, 2.05) is 25.5 Å². The molecule has 16 heavy (non-hydrogen) atoms. The van der Waals surface area contributed by atoms with Crippen LogP contribution >= 0.6 is 23.5 Å². The van der Waals surface area contributed by atoms with Crippen LogP contribution in [0.2, 0.25) is 0 Å². The summed E-state index contributed by atoms with van der Waals surface area (Å²) in [6, 6.07) is 1.95. The van der Waals surface area contributed by atoms with Crippen molar-refractivity contribution in [2.24, 2.45) is 5.73 Å². The second kappa shape index (κ2) is 6.12. The maximum absolute atomic E-state index is 11.3. The molecule has 0 saturated heterocycles. The highest BCUT2D eigenvalue weighted by Gasteiger charge is 2.12. The van der Waals surface area contributed by atoms with Gasteiger partial charge in [-0.1, -0.05) is 0 Å². The summed E-state index contributed by atoms with van der Waals surface area (Å²) in [5.74, 6) is -0.198. The molecule has 1 aromatic rings. The first-order valence-electron chi connectivity index (χ1n) is 4.72. The molecule has 0 fully saturated rings. The van der Waals surface area contributed by atoms with Crippen LogP contribution in [0.4, 0.5) is 5.69 Å². The Labute approximate surface area is 104 Å². The van der Waals surface area contributed by atoms with Gasteiger partial charge >= 0.3 is 0 Å². The van der Waals surface area contributed by atoms with Crippen molar-refractivity contribution in [2.45, 2.75) is 16.8 Å². The zero-order valence-electron chi connectivity index (χ0n) is 9.53. The molecular formula is C10H15N3OS2. The minimum atomic E-state index is -0.198. The molecule has 4 nitrogen and oxygen atoms in total. The minimum Gasteiger partial charge on any atom is -0.322 e. The van der Waals surface area contributed by atoms with Gasteiger partial charge in [0.25, 0.3) is 0 Å². The Morgan fingerprint density at radius 1 is 1.50 bits per heavy atom. The van der Waals surface area contributed by atoms with Crippen molar-refractivity contribution in [1.82, 2.24) is 4.98 Å². The SMILES string of the molecule is CSc1cc(C)nc(SC)c1NC(=O)CN. The van der Waals surface area contributed by atoms with Crippen LogP contribution in [0.15, 0.2) is 16.0 Å². The third-order valence-corrected chi connectivity index (χ3v) is 3.39. The number of nitrogens with one attached hydrogen (secondary N) is 1. The van der Waals surface area contributed by atoms with Crippen LogP contribution in [-0.4, -0.2) is 29.9 Å². The Morgan fingerprint density at radius 3 is 2.69 bits per heavy atom. The van der Waals surface area contributed by atoms with E-state index in [9.17, 15) is 4.79 Å². The monoisotopic (exact) mass is 257 g/mol. The predicted molar refractivity (Wildman–Crippen MR) is 70.2 cm³/mol. The topological polar surface area (TPSA) is 68.0 Å². The van der Waals surface area contributed by atoms with E-state index < -0.39 is 0 Å². The molecular weight excluding hydrogens is 242 g/mol. The van der Waals surface area contributed by atoms with Crippen molar-refractivity contribution in [3.8, 4) is 0 Å². The molecule has 1 amide bonds. The summed E-state index contributed by atoms with van der Waals surface area (Å²) in [4.78, 5) is 16.7. The highest BCUT2D eigenvalue weighted by Crippen LogP contribution is 2.33. The quantitative estimate of drug-likeness (QED) is 0.804. The van der Waals surface area contributed by atoms with Crippen LogP contribution in [0.25, 0.3) is 0 Å². The molecule has 0 aliphatic carbocycles. The summed E-state index contributed by atoms with van der Waals surface area (Å²) in [6.45, 7) is 1.92. The third kappa shape index (κ3) is 3.13. The zero-order chi connectivity index (χ0) is 12.1. The van der Waals surface area contributed by atoms with E-state index in [4.69, 9.17) is 5.73 Å². The number of anilines is 1. The number of hydrogen-bond acceptors (Lipinski definition) is 5. The van der Waals surface area contributed by atoms with Crippen LogP contribution in [0.5, 0.6) is 0 Å². The average Bonchev–Trinajstić information content (AvgIpc) is 2.30. The first kappa shape index (κ1) is 13.3. The number of amides is 1. The lowest BCUT2D eigenvalue weighted by atomic mass is 10.3. The lowest BCUT2D eigenvalue weighted by Gasteiger charge is -2.13. The summed E-state index contributed by atoms with van der Waals surface area (Å²) in [7, 11) is 0. The fraction of sp³-hybridized carbons (Fsp3) is 0.400. The van der Waals surface area contributed by atoms with Gasteiger partial charge in [0.1, 0.15) is 5.03 Å². The second-order valence-corrected chi connectivity index (χ2v) is 4.75. The molecule has 0 aliphatic heterocycles. The zero-order valence-corrected chi connectivity index (χ0v) is 11.2. The van der Waals surface area contributed by atoms with Gasteiger partial charge in [0, 0.05) is 10.6 Å². The molecule has 0 atom stereocenters. The van der Waals surface area contributed by atoms with Gasteiger partial charge in [0.15, 0.2) is 0 Å². The molecule has 88 valence electrons. The molecule has 0 radical (unpaired) electrons. The molecule has 0 unspecified atom stereocenters. The smallest absolute Gasteiger partial charge is 0.238 e. The Bertz CT molecular complexity index is 371. The van der Waals surface area contributed by atoms with Gasteiger partial charge in [-0.15, -0.1) is 23.5 Å². The number of hydrogen-bond donors (Lipinski definition) is 2. The lowest BCUT2D eigenvalue weighted by Crippen LogP contribution is -2.22. The number of carbonyl (C=O) groups is 1. The fourth-order valence-electron chi connectivity index (χ4n) is 1.23. The average molecular weight is 257 g/mol. The molecule has 1 aromatic heterocycles. The molecule has 1 rings (SSSR count). The molecule has 0 saturated carbocycles. The Balaban J connectivity index is 3.16. The van der Waals surface area contributed by atoms with Crippen molar-refractivity contribution in [1.29, 1.82) is 0 Å². The second-order valence-electron chi connectivity index (χ2n) is 3.10. The Morgan fingerprint density at radius 2 is 2.19 bits per heavy atom. The van der Waals surface area contributed by atoms with Gasteiger partial charge in [-0.3, -0.25) is 4.79 Å². The van der Waals surface area contributed by atoms with Gasteiger partial charge in [-0.25, -0.2) is 4.98 Å². The van der Waals surface area contributed by atoms with Gasteiger partial charge in [0.2, 0.25) is 5.91 Å². The standard InChI is InChI=1S/C10H15N3OS2/c1-6-4-7(15-2)9(10(12-6)16-3)13-8(14)5-11/h4H,5,11H2,1-3H3,(H,13,14). The number of rotatable bonds is 4. The highest BCUT2D eigenvalue weighted by molar-refractivity contribution is 7.99. The summed E-state index contributed by atoms with van der Waals surface area (Å²) < 4.78 is 0. The van der Waals surface area contributed by atoms with Crippen LogP contribution < -0.4 is 11.1 Å². The first-order valence-corrected chi connectivity index (χ1v) is 7.16. The molecule has 0 bridgehead atoms. The Kier molecular flexibility index (Phi) is 5.11. The maximum Gasteiger partial charge on any atom is 0.238 e. The normalized spacial score (nSPS) is 10.2. The number of pyridine rings is 1. The van der Waals surface area contributed by atoms with E-state index in [1.54, 1.807) is 11.8 Å². The molecule has 3 N–H and O–H groups in total. The molecule has 0 spiro atoms. The van der Waals surface area contributed by atoms with E-state index in [2.05, 4.69) is 10.3 Å². The van der Waals surface area contributed by atoms with Crippen molar-refractivity contribution in [3.63, 3.8) is 0 Å². The van der Waals surface area contributed by atoms with Crippen LogP contribution in [0.1, 0.15) is 5.69 Å². The summed E-state index contributed by atoms with van der Waals surface area (Å²) in [5, 5.41) is 3.61. The number of nitrogens with zero attached hydrogens (tertiary/aromatic N) is 1. The van der Waals surface area contributed by atoms with E-state index in [-0.39, 0.29) is 12.5 Å². The van der Waals surface area contributed by atoms with E-state index in [1.165, 1.54) is 11.8 Å². The predicted octanol–water partition coefficient (Wildman–Crippen LogP) is 1.73. The fourth-order valence-corrected chi connectivity index (χ4v) is 2.54. The van der Waals surface area contributed by atoms with Crippen molar-refractivity contribution < 1.29 is 4.79 Å². The number of carbonyl (C=O) groups excluding carboxylic acids is 1. The van der Waals surface area contributed by atoms with Gasteiger partial charge in [-0.05, 0) is 25.5 Å². The highest BCUT2D eigenvalue weighted by atomic mass is 32.2. The summed E-state index contributed by atoms with van der Waals surface area (Å²) in [6.07, 6.45) is 3.90. The molecule has 1 heterocycles. The lowest BCUT2D eigenvalue weighted by molar-refractivity contribution is -0.114. The van der Waals surface area contributed by atoms with Crippen LogP contribution in [0.3, 0.4) is 0 Å². The number of aryl methyl sites for hydroxylation is 1. The largest absolute Gasteiger partial charge is 0.322 e. The number of aromatic nitrogens is 1. The van der Waals surface area contributed by atoms with Crippen molar-refractivity contribution in [3.05, 3.63) is 11.8 Å². The molecule has 0 aliphatic rings. The Hall–Kier alpha value is -0.720. The summed E-state index contributed by atoms with van der Waals surface area (Å²) >= 11 is 3.09. The first-order chi connectivity index (χ1) is 7.62. The minimum absolute atomic E-state index is 0.0183. The van der Waals surface area contributed by atoms with Crippen molar-refractivity contribution in [2.75, 3.05) is 24.4 Å². The van der Waals surface area contributed by atoms with Crippen LogP contribution in [-0.2, 0) is 4.79 Å².